The molecule has 0 spiro atoms. The molecule has 2 aliphatic rings. The Morgan fingerprint density at radius 1 is 1.21 bits per heavy atom. The summed E-state index contributed by atoms with van der Waals surface area (Å²) < 4.78 is 60.1. The Hall–Kier alpha value is -3.31. The minimum Gasteiger partial charge on any atom is -0.406 e. The molecule has 34 heavy (non-hydrogen) atoms. The van der Waals surface area contributed by atoms with Crippen molar-refractivity contribution in [3.63, 3.8) is 0 Å². The fourth-order valence-corrected chi connectivity index (χ4v) is 4.14. The van der Waals surface area contributed by atoms with Gasteiger partial charge in [-0.2, -0.15) is 0 Å². The Kier molecular flexibility index (Phi) is 6.67. The van der Waals surface area contributed by atoms with Gasteiger partial charge in [0.1, 0.15) is 17.3 Å². The lowest BCUT2D eigenvalue weighted by Crippen LogP contribution is -2.54. The summed E-state index contributed by atoms with van der Waals surface area (Å²) in [4.78, 5) is 28.2. The number of hydrogen-bond donors (Lipinski definition) is 1. The summed E-state index contributed by atoms with van der Waals surface area (Å²) in [6.07, 6.45) is -1.53. The zero-order valence-corrected chi connectivity index (χ0v) is 18.4. The van der Waals surface area contributed by atoms with Gasteiger partial charge in [-0.25, -0.2) is 9.18 Å². The second-order valence-corrected chi connectivity index (χ2v) is 8.46. The molecular weight excluding hydrogens is 460 g/mol. The molecule has 1 saturated carbocycles. The van der Waals surface area contributed by atoms with Crippen LogP contribution in [0.25, 0.3) is 11.3 Å². The van der Waals surface area contributed by atoms with Gasteiger partial charge in [0.15, 0.2) is 5.76 Å². The molecule has 1 N–H and O–H groups in total. The molecule has 3 amide bonds. The zero-order valence-electron chi connectivity index (χ0n) is 18.4. The van der Waals surface area contributed by atoms with E-state index in [-0.39, 0.29) is 47.6 Å². The number of amides is 3. The predicted molar refractivity (Wildman–Crippen MR) is 111 cm³/mol. The van der Waals surface area contributed by atoms with Crippen LogP contribution in [0.4, 0.5) is 22.4 Å². The van der Waals surface area contributed by atoms with E-state index >= 15 is 0 Å². The van der Waals surface area contributed by atoms with Crippen LogP contribution >= 0.6 is 0 Å². The third-order valence-corrected chi connectivity index (χ3v) is 5.78. The van der Waals surface area contributed by atoms with Gasteiger partial charge in [-0.1, -0.05) is 5.16 Å². The van der Waals surface area contributed by atoms with Crippen LogP contribution in [-0.4, -0.2) is 58.4 Å². The molecule has 1 aromatic carbocycles. The van der Waals surface area contributed by atoms with Crippen molar-refractivity contribution < 1.29 is 36.4 Å². The van der Waals surface area contributed by atoms with E-state index in [1.54, 1.807) is 9.80 Å². The molecule has 4 rings (SSSR count). The Balaban J connectivity index is 1.40. The number of nitrogens with zero attached hydrogens (tertiary/aromatic N) is 3. The molecule has 8 nitrogen and oxygen atoms in total. The molecule has 1 aliphatic heterocycles. The number of halogens is 4. The standard InChI is InChI=1S/C22H24F4N4O4/c1-13(31)29-6-2-3-17(12-29)30(16-4-5-16)21(32)27-11-19-10-20(28-34-19)14-7-15(23)9-18(8-14)33-22(24,25)26/h7-10,16-17H,2-6,11-12H2,1H3,(H,27,32). The first-order valence-electron chi connectivity index (χ1n) is 10.9. The monoisotopic (exact) mass is 484 g/mol. The molecule has 12 heteroatoms. The van der Waals surface area contributed by atoms with Crippen LogP contribution in [0, 0.1) is 5.82 Å². The van der Waals surface area contributed by atoms with Crippen molar-refractivity contribution in [1.82, 2.24) is 20.3 Å². The molecule has 2 fully saturated rings. The first kappa shape index (κ1) is 23.8. The van der Waals surface area contributed by atoms with Crippen molar-refractivity contribution in [2.24, 2.45) is 0 Å². The van der Waals surface area contributed by atoms with Gasteiger partial charge in [0.25, 0.3) is 0 Å². The predicted octanol–water partition coefficient (Wildman–Crippen LogP) is 4.06. The van der Waals surface area contributed by atoms with E-state index in [1.165, 1.54) is 13.0 Å². The van der Waals surface area contributed by atoms with Crippen LogP contribution in [0.3, 0.4) is 0 Å². The molecule has 2 heterocycles. The molecule has 1 unspecified atom stereocenters. The second kappa shape index (κ2) is 9.51. The van der Waals surface area contributed by atoms with E-state index in [0.29, 0.717) is 19.2 Å². The van der Waals surface area contributed by atoms with Crippen molar-refractivity contribution in [3.05, 3.63) is 35.8 Å². The van der Waals surface area contributed by atoms with Crippen molar-refractivity contribution in [2.45, 2.75) is 57.6 Å². The summed E-state index contributed by atoms with van der Waals surface area (Å²) in [5, 5.41) is 6.55. The molecular formula is C22H24F4N4O4. The fourth-order valence-electron chi connectivity index (χ4n) is 4.14. The highest BCUT2D eigenvalue weighted by Crippen LogP contribution is 2.32. The molecule has 0 radical (unpaired) electrons. The van der Waals surface area contributed by atoms with Gasteiger partial charge >= 0.3 is 12.4 Å². The average molecular weight is 484 g/mol. The Labute approximate surface area is 192 Å². The van der Waals surface area contributed by atoms with E-state index in [1.807, 2.05) is 0 Å². The quantitative estimate of drug-likeness (QED) is 0.625. The number of likely N-dealkylation sites (tertiary alicyclic amines) is 1. The smallest absolute Gasteiger partial charge is 0.406 e. The number of nitrogens with one attached hydrogen (secondary N) is 1. The highest BCUT2D eigenvalue weighted by Gasteiger charge is 2.39. The van der Waals surface area contributed by atoms with Crippen molar-refractivity contribution in [1.29, 1.82) is 0 Å². The number of alkyl halides is 3. The van der Waals surface area contributed by atoms with Crippen molar-refractivity contribution in [3.8, 4) is 17.0 Å². The number of carbonyl (C=O) groups excluding carboxylic acids is 2. The number of urea groups is 1. The Morgan fingerprint density at radius 2 is 1.97 bits per heavy atom. The minimum atomic E-state index is -4.96. The first-order chi connectivity index (χ1) is 16.1. The Morgan fingerprint density at radius 3 is 2.65 bits per heavy atom. The Bertz CT molecular complexity index is 1050. The SMILES string of the molecule is CC(=O)N1CCCC(N(C(=O)NCc2cc(-c3cc(F)cc(OC(F)(F)F)c3)no2)C2CC2)C1. The van der Waals surface area contributed by atoms with E-state index in [2.05, 4.69) is 15.2 Å². The maximum Gasteiger partial charge on any atom is 0.573 e. The van der Waals surface area contributed by atoms with Crippen LogP contribution in [0.15, 0.2) is 28.8 Å². The minimum absolute atomic E-state index is 0.0145. The number of hydrogen-bond acceptors (Lipinski definition) is 5. The van der Waals surface area contributed by atoms with E-state index in [9.17, 15) is 27.2 Å². The number of aromatic nitrogens is 1. The van der Waals surface area contributed by atoms with Gasteiger partial charge in [-0.15, -0.1) is 13.2 Å². The normalized spacial score (nSPS) is 18.5. The van der Waals surface area contributed by atoms with Crippen LogP contribution in [0.2, 0.25) is 0 Å². The van der Waals surface area contributed by atoms with Crippen LogP contribution in [0.1, 0.15) is 38.4 Å². The number of carbonyl (C=O) groups is 2. The van der Waals surface area contributed by atoms with Crippen molar-refractivity contribution in [2.75, 3.05) is 13.1 Å². The lowest BCUT2D eigenvalue weighted by atomic mass is 10.0. The molecule has 1 saturated heterocycles. The summed E-state index contributed by atoms with van der Waals surface area (Å²) in [6.45, 7) is 2.68. The van der Waals surface area contributed by atoms with E-state index in [0.717, 1.165) is 37.8 Å². The van der Waals surface area contributed by atoms with Gasteiger partial charge < -0.3 is 24.4 Å². The molecule has 1 atom stereocenters. The first-order valence-corrected chi connectivity index (χ1v) is 10.9. The van der Waals surface area contributed by atoms with Gasteiger partial charge in [0, 0.05) is 43.8 Å². The summed E-state index contributed by atoms with van der Waals surface area (Å²) >= 11 is 0. The summed E-state index contributed by atoms with van der Waals surface area (Å²) in [7, 11) is 0. The number of piperidine rings is 1. The van der Waals surface area contributed by atoms with Gasteiger partial charge in [-0.3, -0.25) is 4.79 Å². The largest absolute Gasteiger partial charge is 0.573 e. The van der Waals surface area contributed by atoms with E-state index in [4.69, 9.17) is 4.52 Å². The van der Waals surface area contributed by atoms with Gasteiger partial charge in [0.05, 0.1) is 12.6 Å². The molecule has 1 aromatic heterocycles. The number of ether oxygens (including phenoxy) is 1. The van der Waals surface area contributed by atoms with Crippen molar-refractivity contribution >= 4 is 11.9 Å². The average Bonchev–Trinajstić information content (AvgIpc) is 3.46. The number of rotatable bonds is 6. The summed E-state index contributed by atoms with van der Waals surface area (Å²) in [5.41, 5.74) is 0.130. The lowest BCUT2D eigenvalue weighted by Gasteiger charge is -2.39. The van der Waals surface area contributed by atoms with Crippen LogP contribution in [-0.2, 0) is 11.3 Å². The number of benzene rings is 1. The van der Waals surface area contributed by atoms with Gasteiger partial charge in [-0.05, 0) is 37.8 Å². The summed E-state index contributed by atoms with van der Waals surface area (Å²) in [5.74, 6) is -1.42. The second-order valence-electron chi connectivity index (χ2n) is 8.46. The highest BCUT2D eigenvalue weighted by atomic mass is 19.4. The highest BCUT2D eigenvalue weighted by molar-refractivity contribution is 5.76. The maximum absolute atomic E-state index is 13.8. The lowest BCUT2D eigenvalue weighted by molar-refractivity contribution is -0.274. The molecule has 184 valence electrons. The van der Waals surface area contributed by atoms with E-state index < -0.39 is 17.9 Å². The summed E-state index contributed by atoms with van der Waals surface area (Å²) in [6, 6.07) is 3.78. The fraction of sp³-hybridized carbons (Fsp3) is 0.500. The van der Waals surface area contributed by atoms with Crippen LogP contribution in [0.5, 0.6) is 5.75 Å². The molecule has 2 aromatic rings. The van der Waals surface area contributed by atoms with Gasteiger partial charge in [0.2, 0.25) is 5.91 Å². The molecule has 1 aliphatic carbocycles. The molecule has 0 bridgehead atoms. The van der Waals surface area contributed by atoms with Crippen LogP contribution < -0.4 is 10.1 Å². The third kappa shape index (κ3) is 5.97. The third-order valence-electron chi connectivity index (χ3n) is 5.78. The zero-order chi connectivity index (χ0) is 24.5. The maximum atomic E-state index is 13.8. The topological polar surface area (TPSA) is 87.9 Å².